The van der Waals surface area contributed by atoms with E-state index < -0.39 is 0 Å². The molecule has 2 amide bonds. The van der Waals surface area contributed by atoms with Crippen LogP contribution >= 0.6 is 27.7 Å². The van der Waals surface area contributed by atoms with Gasteiger partial charge in [0, 0.05) is 4.47 Å². The lowest BCUT2D eigenvalue weighted by Crippen LogP contribution is -2.31. The largest absolute Gasteiger partial charge is 0.302 e. The van der Waals surface area contributed by atoms with Gasteiger partial charge < -0.3 is 0 Å². The number of aromatic nitrogens is 2. The molecular weight excluding hydrogens is 482 g/mol. The first-order valence-corrected chi connectivity index (χ1v) is 11.0. The molecule has 31 heavy (non-hydrogen) atoms. The number of hydrogen-bond donors (Lipinski definition) is 1. The van der Waals surface area contributed by atoms with E-state index in [-0.39, 0.29) is 23.5 Å². The van der Waals surface area contributed by atoms with Crippen molar-refractivity contribution in [1.82, 2.24) is 5.27 Å². The molecule has 3 aromatic rings. The van der Waals surface area contributed by atoms with Gasteiger partial charge in [0.15, 0.2) is 17.5 Å². The van der Waals surface area contributed by atoms with Crippen LogP contribution in [0.5, 0.6) is 0 Å². The van der Waals surface area contributed by atoms with Crippen molar-refractivity contribution in [3.8, 4) is 0 Å². The first kappa shape index (κ1) is 21.0. The molecule has 0 atom stereocenters. The van der Waals surface area contributed by atoms with Crippen molar-refractivity contribution in [1.29, 1.82) is 0 Å². The van der Waals surface area contributed by atoms with Gasteiger partial charge >= 0.3 is 5.88 Å². The first-order chi connectivity index (χ1) is 15.0. The third-order valence-corrected chi connectivity index (χ3v) is 5.59. The number of para-hydroxylation sites is 1. The van der Waals surface area contributed by atoms with Crippen LogP contribution in [0.4, 0.5) is 11.6 Å². The van der Waals surface area contributed by atoms with Crippen molar-refractivity contribution >= 4 is 62.3 Å². The van der Waals surface area contributed by atoms with E-state index in [2.05, 4.69) is 31.5 Å². The Bertz CT molecular complexity index is 1190. The van der Waals surface area contributed by atoms with Crippen molar-refractivity contribution in [2.24, 2.45) is 12.0 Å². The molecule has 1 aliphatic rings. The maximum absolute atomic E-state index is 13.1. The van der Waals surface area contributed by atoms with E-state index in [1.807, 2.05) is 54.6 Å². The molecule has 4 rings (SSSR count). The van der Waals surface area contributed by atoms with Gasteiger partial charge in [-0.25, -0.2) is 4.99 Å². The number of carbonyl (C=O) groups is 2. The minimum atomic E-state index is -0.297. The average molecular weight is 499 g/mol. The zero-order chi connectivity index (χ0) is 21.8. The fraction of sp³-hybridized carbons (Fsp3) is 0.0952. The predicted molar refractivity (Wildman–Crippen MR) is 122 cm³/mol. The Balaban J connectivity index is 1.56. The molecule has 0 radical (unpaired) electrons. The van der Waals surface area contributed by atoms with Gasteiger partial charge in [-0.2, -0.15) is 0 Å². The number of nitrogens with zero attached hydrogens (tertiary/aromatic N) is 4. The number of thioether (sulfide) groups is 1. The van der Waals surface area contributed by atoms with Crippen LogP contribution < -0.4 is 14.9 Å². The highest BCUT2D eigenvalue weighted by Gasteiger charge is 2.32. The summed E-state index contributed by atoms with van der Waals surface area (Å²) in [5.41, 5.74) is 1.82. The number of amidine groups is 1. The van der Waals surface area contributed by atoms with Crippen molar-refractivity contribution in [3.63, 3.8) is 0 Å². The maximum Gasteiger partial charge on any atom is 0.302 e. The lowest BCUT2D eigenvalue weighted by Gasteiger charge is -2.17. The van der Waals surface area contributed by atoms with Crippen LogP contribution in [-0.2, 0) is 16.6 Å². The SMILES string of the molecule is C[n+]1cc(NC(=O)CSC2=N/C(=C/c3cccc(Br)c3)C(=O)N2c2ccccc2)on1. The van der Waals surface area contributed by atoms with Crippen molar-refractivity contribution in [3.05, 3.63) is 76.5 Å². The second-order valence-corrected chi connectivity index (χ2v) is 8.39. The zero-order valence-corrected chi connectivity index (χ0v) is 18.8. The molecule has 0 fully saturated rings. The monoisotopic (exact) mass is 498 g/mol. The Morgan fingerprint density at radius 2 is 2.06 bits per heavy atom. The van der Waals surface area contributed by atoms with Gasteiger partial charge in [0.1, 0.15) is 5.70 Å². The van der Waals surface area contributed by atoms with Crippen LogP contribution in [-0.4, -0.2) is 28.0 Å². The molecule has 8 nitrogen and oxygen atoms in total. The summed E-state index contributed by atoms with van der Waals surface area (Å²) < 4.78 is 7.32. The minimum Gasteiger partial charge on any atom is -0.288 e. The Morgan fingerprint density at radius 1 is 1.26 bits per heavy atom. The fourth-order valence-electron chi connectivity index (χ4n) is 2.84. The van der Waals surface area contributed by atoms with Crippen molar-refractivity contribution in [2.45, 2.75) is 0 Å². The highest BCUT2D eigenvalue weighted by molar-refractivity contribution is 9.10. The second-order valence-electron chi connectivity index (χ2n) is 6.53. The number of amides is 2. The Kier molecular flexibility index (Phi) is 6.28. The standard InChI is InChI=1S/C21H16BrN5O3S/c1-26-12-19(30-25-26)24-18(28)13-31-21-23-17(11-14-6-5-7-15(22)10-14)20(29)27(21)16-8-3-2-4-9-16/h2-12H,13H2,1H3/p+1/b17-11+. The molecule has 0 saturated carbocycles. The molecule has 1 aromatic heterocycles. The third kappa shape index (κ3) is 5.09. The quantitative estimate of drug-likeness (QED) is 0.430. The molecule has 0 unspecified atom stereocenters. The molecule has 2 heterocycles. The number of aliphatic imine (C=N–C) groups is 1. The number of aryl methyl sites for hydroxylation is 1. The first-order valence-electron chi connectivity index (χ1n) is 9.20. The minimum absolute atomic E-state index is 0.0457. The fourth-order valence-corrected chi connectivity index (χ4v) is 4.07. The number of benzene rings is 2. The van der Waals surface area contributed by atoms with Crippen molar-refractivity contribution < 1.29 is 18.8 Å². The predicted octanol–water partition coefficient (Wildman–Crippen LogP) is 3.38. The molecule has 1 aliphatic heterocycles. The molecule has 1 N–H and O–H groups in total. The number of rotatable bonds is 5. The van der Waals surface area contributed by atoms with E-state index in [0.717, 1.165) is 10.0 Å². The molecule has 2 aromatic carbocycles. The van der Waals surface area contributed by atoms with Gasteiger partial charge in [0.2, 0.25) is 5.91 Å². The highest BCUT2D eigenvalue weighted by atomic mass is 79.9. The highest BCUT2D eigenvalue weighted by Crippen LogP contribution is 2.29. The maximum atomic E-state index is 13.1. The third-order valence-electron chi connectivity index (χ3n) is 4.16. The van der Waals surface area contributed by atoms with Crippen molar-refractivity contribution in [2.75, 3.05) is 16.0 Å². The van der Waals surface area contributed by atoms with Gasteiger partial charge in [-0.05, 0) is 35.9 Å². The van der Waals surface area contributed by atoms with Crippen LogP contribution in [0.2, 0.25) is 0 Å². The van der Waals surface area contributed by atoms with Crippen LogP contribution in [0.1, 0.15) is 5.56 Å². The molecule has 0 saturated heterocycles. The van der Waals surface area contributed by atoms with Gasteiger partial charge in [-0.3, -0.25) is 24.3 Å². The smallest absolute Gasteiger partial charge is 0.288 e. The Hall–Kier alpha value is -3.24. The Morgan fingerprint density at radius 3 is 2.77 bits per heavy atom. The molecule has 0 spiro atoms. The van der Waals surface area contributed by atoms with Gasteiger partial charge in [-0.15, -0.1) is 0 Å². The second kappa shape index (κ2) is 9.27. The number of hydrogen-bond acceptors (Lipinski definition) is 6. The summed E-state index contributed by atoms with van der Waals surface area (Å²) in [6, 6.07) is 16.8. The van der Waals surface area contributed by atoms with E-state index >= 15 is 0 Å². The molecule has 156 valence electrons. The summed E-state index contributed by atoms with van der Waals surface area (Å²) in [6.45, 7) is 0. The number of nitrogens with one attached hydrogen (secondary N) is 1. The van der Waals surface area contributed by atoms with E-state index in [0.29, 0.717) is 16.6 Å². The Labute approximate surface area is 190 Å². The summed E-state index contributed by atoms with van der Waals surface area (Å²) in [5, 5.41) is 6.71. The molecular formula is C21H17BrN5O3S+. The summed E-state index contributed by atoms with van der Waals surface area (Å²) in [7, 11) is 1.68. The molecule has 0 aliphatic carbocycles. The van der Waals surface area contributed by atoms with Gasteiger partial charge in [0.05, 0.1) is 11.4 Å². The average Bonchev–Trinajstić information content (AvgIpc) is 3.29. The lowest BCUT2D eigenvalue weighted by atomic mass is 10.2. The van der Waals surface area contributed by atoms with Crippen LogP contribution in [0.3, 0.4) is 0 Å². The summed E-state index contributed by atoms with van der Waals surface area (Å²) in [6.07, 6.45) is 3.28. The summed E-state index contributed by atoms with van der Waals surface area (Å²) in [5.74, 6) is -0.261. The topological polar surface area (TPSA) is 91.7 Å². The van der Waals surface area contributed by atoms with E-state index in [9.17, 15) is 9.59 Å². The van der Waals surface area contributed by atoms with Crippen LogP contribution in [0, 0.1) is 0 Å². The van der Waals surface area contributed by atoms with Gasteiger partial charge in [-0.1, -0.05) is 62.7 Å². The lowest BCUT2D eigenvalue weighted by molar-refractivity contribution is -0.739. The van der Waals surface area contributed by atoms with E-state index in [1.54, 1.807) is 19.3 Å². The van der Waals surface area contributed by atoms with E-state index in [4.69, 9.17) is 4.52 Å². The number of halogens is 1. The number of carbonyl (C=O) groups excluding carboxylic acids is 2. The molecule has 10 heteroatoms. The summed E-state index contributed by atoms with van der Waals surface area (Å²) >= 11 is 4.60. The van der Waals surface area contributed by atoms with Crippen LogP contribution in [0.15, 0.2) is 80.5 Å². The molecule has 0 bridgehead atoms. The zero-order valence-electron chi connectivity index (χ0n) is 16.4. The normalized spacial score (nSPS) is 14.8. The number of anilines is 2. The van der Waals surface area contributed by atoms with E-state index in [1.165, 1.54) is 21.3 Å². The summed E-state index contributed by atoms with van der Waals surface area (Å²) in [4.78, 5) is 31.5. The van der Waals surface area contributed by atoms with Gasteiger partial charge in [0.25, 0.3) is 12.1 Å². The van der Waals surface area contributed by atoms with Crippen LogP contribution in [0.25, 0.3) is 6.08 Å².